The lowest BCUT2D eigenvalue weighted by atomic mass is 10.1. The predicted octanol–water partition coefficient (Wildman–Crippen LogP) is 5.68. The van der Waals surface area contributed by atoms with Gasteiger partial charge in [-0.05, 0) is 45.7 Å². The number of ether oxygens (including phenoxy) is 2. The third-order valence-electron chi connectivity index (χ3n) is 4.22. The summed E-state index contributed by atoms with van der Waals surface area (Å²) in [5.41, 5.74) is 0. The van der Waals surface area contributed by atoms with Crippen LogP contribution in [0.3, 0.4) is 0 Å². The molecule has 140 valence electrons. The molecule has 0 aliphatic heterocycles. The zero-order chi connectivity index (χ0) is 17.0. The maximum Gasteiger partial charge on any atom is 0.157 e. The van der Waals surface area contributed by atoms with Gasteiger partial charge in [0.2, 0.25) is 0 Å². The maximum absolute atomic E-state index is 5.99. The van der Waals surface area contributed by atoms with Gasteiger partial charge in [0.25, 0.3) is 0 Å². The summed E-state index contributed by atoms with van der Waals surface area (Å²) in [6, 6.07) is 0. The molecule has 0 atom stereocenters. The monoisotopic (exact) mass is 329 g/mol. The number of nitrogens with one attached hydrogen (secondary N) is 1. The Morgan fingerprint density at radius 3 is 1.70 bits per heavy atom. The van der Waals surface area contributed by atoms with Gasteiger partial charge < -0.3 is 14.8 Å². The van der Waals surface area contributed by atoms with Crippen LogP contribution in [0.4, 0.5) is 0 Å². The van der Waals surface area contributed by atoms with Crippen molar-refractivity contribution in [3.63, 3.8) is 0 Å². The molecule has 0 spiro atoms. The van der Waals surface area contributed by atoms with Crippen LogP contribution in [-0.4, -0.2) is 33.1 Å². The molecule has 0 fully saturated rings. The van der Waals surface area contributed by atoms with Crippen molar-refractivity contribution in [2.24, 2.45) is 0 Å². The van der Waals surface area contributed by atoms with E-state index in [0.717, 1.165) is 26.2 Å². The molecule has 0 heterocycles. The van der Waals surface area contributed by atoms with Gasteiger partial charge >= 0.3 is 0 Å². The molecule has 0 unspecified atom stereocenters. The van der Waals surface area contributed by atoms with E-state index in [1.807, 2.05) is 7.05 Å². The molecular formula is C20H43NO2. The van der Waals surface area contributed by atoms with Crippen LogP contribution in [0.15, 0.2) is 0 Å². The molecule has 0 radical (unpaired) electrons. The number of hydrogen-bond acceptors (Lipinski definition) is 3. The summed E-state index contributed by atoms with van der Waals surface area (Å²) < 4.78 is 12.0. The van der Waals surface area contributed by atoms with Gasteiger partial charge in [-0.1, -0.05) is 65.2 Å². The number of hydrogen-bond donors (Lipinski definition) is 1. The van der Waals surface area contributed by atoms with E-state index in [9.17, 15) is 0 Å². The molecule has 0 aromatic rings. The molecule has 0 bridgehead atoms. The van der Waals surface area contributed by atoms with Crippen molar-refractivity contribution in [2.75, 3.05) is 26.8 Å². The highest BCUT2D eigenvalue weighted by molar-refractivity contribution is 4.52. The van der Waals surface area contributed by atoms with Gasteiger partial charge in [-0.25, -0.2) is 0 Å². The van der Waals surface area contributed by atoms with Crippen molar-refractivity contribution in [3.8, 4) is 0 Å². The van der Waals surface area contributed by atoms with Crippen molar-refractivity contribution in [3.05, 3.63) is 0 Å². The molecule has 0 amide bonds. The van der Waals surface area contributed by atoms with Gasteiger partial charge in [0.15, 0.2) is 6.29 Å². The number of rotatable bonds is 19. The van der Waals surface area contributed by atoms with Crippen LogP contribution in [-0.2, 0) is 9.47 Å². The highest BCUT2D eigenvalue weighted by Gasteiger charge is 2.09. The smallest absolute Gasteiger partial charge is 0.157 e. The Hall–Kier alpha value is -0.120. The largest absolute Gasteiger partial charge is 0.353 e. The van der Waals surface area contributed by atoms with Crippen LogP contribution in [0, 0.1) is 0 Å². The summed E-state index contributed by atoms with van der Waals surface area (Å²) in [4.78, 5) is 0. The first-order valence-corrected chi connectivity index (χ1v) is 10.2. The summed E-state index contributed by atoms with van der Waals surface area (Å²) in [7, 11) is 2.02. The summed E-state index contributed by atoms with van der Waals surface area (Å²) in [5, 5.41) is 3.21. The topological polar surface area (TPSA) is 30.5 Å². The molecule has 0 saturated carbocycles. The fourth-order valence-corrected chi connectivity index (χ4v) is 2.67. The Morgan fingerprint density at radius 1 is 0.652 bits per heavy atom. The minimum absolute atomic E-state index is 0.0301. The van der Waals surface area contributed by atoms with Crippen molar-refractivity contribution >= 4 is 0 Å². The lowest BCUT2D eigenvalue weighted by molar-refractivity contribution is -0.148. The zero-order valence-corrected chi connectivity index (χ0v) is 16.2. The Morgan fingerprint density at radius 2 is 1.17 bits per heavy atom. The second-order valence-electron chi connectivity index (χ2n) is 6.60. The Labute approximate surface area is 145 Å². The first kappa shape index (κ1) is 22.9. The lowest BCUT2D eigenvalue weighted by Crippen LogP contribution is -2.19. The Balaban J connectivity index is 3.73. The zero-order valence-electron chi connectivity index (χ0n) is 16.2. The normalized spacial score (nSPS) is 11.5. The van der Waals surface area contributed by atoms with Crippen LogP contribution in [0.1, 0.15) is 97.3 Å². The summed E-state index contributed by atoms with van der Waals surface area (Å²) in [6.45, 7) is 7.35. The predicted molar refractivity (Wildman–Crippen MR) is 101 cm³/mol. The molecule has 0 rings (SSSR count). The Kier molecular flexibility index (Phi) is 19.8. The third kappa shape index (κ3) is 18.1. The van der Waals surface area contributed by atoms with E-state index in [0.29, 0.717) is 0 Å². The fraction of sp³-hybridized carbons (Fsp3) is 1.00. The van der Waals surface area contributed by atoms with E-state index in [1.54, 1.807) is 0 Å². The fourth-order valence-electron chi connectivity index (χ4n) is 2.67. The van der Waals surface area contributed by atoms with Crippen molar-refractivity contribution < 1.29 is 9.47 Å². The summed E-state index contributed by atoms with van der Waals surface area (Å²) in [6.07, 6.45) is 16.3. The van der Waals surface area contributed by atoms with Crippen molar-refractivity contribution in [2.45, 2.75) is 104 Å². The van der Waals surface area contributed by atoms with Gasteiger partial charge in [-0.3, -0.25) is 0 Å². The highest BCUT2D eigenvalue weighted by Crippen LogP contribution is 2.12. The van der Waals surface area contributed by atoms with Gasteiger partial charge in [0.1, 0.15) is 0 Å². The second kappa shape index (κ2) is 19.9. The number of unbranched alkanes of at least 4 members (excludes halogenated alkanes) is 9. The second-order valence-corrected chi connectivity index (χ2v) is 6.60. The molecule has 0 aromatic carbocycles. The van der Waals surface area contributed by atoms with Crippen LogP contribution in [0.5, 0.6) is 0 Å². The molecule has 3 nitrogen and oxygen atoms in total. The van der Waals surface area contributed by atoms with Gasteiger partial charge in [0.05, 0.1) is 0 Å². The molecule has 1 N–H and O–H groups in total. The van der Waals surface area contributed by atoms with Crippen LogP contribution in [0.25, 0.3) is 0 Å². The van der Waals surface area contributed by atoms with Crippen molar-refractivity contribution in [1.29, 1.82) is 0 Å². The van der Waals surface area contributed by atoms with E-state index >= 15 is 0 Å². The third-order valence-corrected chi connectivity index (χ3v) is 4.22. The quantitative estimate of drug-likeness (QED) is 0.244. The molecule has 0 saturated heterocycles. The van der Waals surface area contributed by atoms with Gasteiger partial charge in [-0.15, -0.1) is 0 Å². The molecule has 0 aliphatic carbocycles. The SMILES string of the molecule is CCCCCCOC(CCCCCCNC)OCCCCCC. The van der Waals surface area contributed by atoms with E-state index in [-0.39, 0.29) is 6.29 Å². The van der Waals surface area contributed by atoms with E-state index in [2.05, 4.69) is 19.2 Å². The van der Waals surface area contributed by atoms with Crippen molar-refractivity contribution in [1.82, 2.24) is 5.32 Å². The van der Waals surface area contributed by atoms with Crippen LogP contribution < -0.4 is 5.32 Å². The molecule has 23 heavy (non-hydrogen) atoms. The van der Waals surface area contributed by atoms with Crippen LogP contribution >= 0.6 is 0 Å². The highest BCUT2D eigenvalue weighted by atomic mass is 16.7. The van der Waals surface area contributed by atoms with Gasteiger partial charge in [-0.2, -0.15) is 0 Å². The Bertz CT molecular complexity index is 198. The summed E-state index contributed by atoms with van der Waals surface area (Å²) >= 11 is 0. The summed E-state index contributed by atoms with van der Waals surface area (Å²) in [5.74, 6) is 0. The minimum atomic E-state index is 0.0301. The maximum atomic E-state index is 5.99. The average molecular weight is 330 g/mol. The van der Waals surface area contributed by atoms with E-state index < -0.39 is 0 Å². The van der Waals surface area contributed by atoms with Gasteiger partial charge in [0, 0.05) is 13.2 Å². The molecule has 3 heteroatoms. The minimum Gasteiger partial charge on any atom is -0.353 e. The van der Waals surface area contributed by atoms with Crippen LogP contribution in [0.2, 0.25) is 0 Å². The molecular weight excluding hydrogens is 286 g/mol. The van der Waals surface area contributed by atoms with E-state index in [1.165, 1.54) is 77.0 Å². The molecule has 0 aliphatic rings. The first-order chi connectivity index (χ1) is 11.3. The van der Waals surface area contributed by atoms with E-state index in [4.69, 9.17) is 9.47 Å². The molecule has 0 aromatic heterocycles. The lowest BCUT2D eigenvalue weighted by Gasteiger charge is -2.19. The standard InChI is InChI=1S/C20H43NO2/c1-4-6-8-14-18-22-20(23-19-15-9-7-5-2)16-12-10-11-13-17-21-3/h20-21H,4-19H2,1-3H3. The first-order valence-electron chi connectivity index (χ1n) is 10.2. The average Bonchev–Trinajstić information content (AvgIpc) is 2.56.